The smallest absolute Gasteiger partial charge is 0.244 e. The summed E-state index contributed by atoms with van der Waals surface area (Å²) < 4.78 is 5.39. The summed E-state index contributed by atoms with van der Waals surface area (Å²) in [7, 11) is 0. The number of hydrogen-bond donors (Lipinski definition) is 1. The molecule has 0 amide bonds. The zero-order chi connectivity index (χ0) is 12.5. The highest BCUT2D eigenvalue weighted by atomic mass is 16.5. The summed E-state index contributed by atoms with van der Waals surface area (Å²) in [5.41, 5.74) is 2.21. The molecular weight excluding hydrogens is 226 g/mol. The van der Waals surface area contributed by atoms with Gasteiger partial charge in [0.1, 0.15) is 0 Å². The SMILES string of the molecule is Cc1cccc(-c2noc(C3NCCC3C)n2)c1. The molecule has 1 saturated heterocycles. The summed E-state index contributed by atoms with van der Waals surface area (Å²) in [6.45, 7) is 5.29. The third-order valence-electron chi connectivity index (χ3n) is 3.52. The zero-order valence-electron chi connectivity index (χ0n) is 10.7. The largest absolute Gasteiger partial charge is 0.337 e. The number of aryl methyl sites for hydroxylation is 1. The summed E-state index contributed by atoms with van der Waals surface area (Å²) in [6.07, 6.45) is 1.16. The molecule has 4 nitrogen and oxygen atoms in total. The maximum atomic E-state index is 5.39. The number of nitrogens with zero attached hydrogens (tertiary/aromatic N) is 2. The van der Waals surface area contributed by atoms with E-state index in [0.717, 1.165) is 18.5 Å². The van der Waals surface area contributed by atoms with E-state index in [9.17, 15) is 0 Å². The molecule has 2 atom stereocenters. The molecule has 1 aliphatic rings. The second kappa shape index (κ2) is 4.53. The minimum Gasteiger partial charge on any atom is -0.337 e. The van der Waals surface area contributed by atoms with E-state index in [-0.39, 0.29) is 6.04 Å². The second-order valence-electron chi connectivity index (χ2n) is 5.02. The third-order valence-corrected chi connectivity index (χ3v) is 3.52. The fraction of sp³-hybridized carbons (Fsp3) is 0.429. The number of rotatable bonds is 2. The van der Waals surface area contributed by atoms with Crippen LogP contribution in [0.4, 0.5) is 0 Å². The Morgan fingerprint density at radius 2 is 2.28 bits per heavy atom. The number of benzene rings is 1. The van der Waals surface area contributed by atoms with E-state index < -0.39 is 0 Å². The molecular formula is C14H17N3O. The molecule has 1 aliphatic heterocycles. The molecule has 1 aromatic carbocycles. The Bertz CT molecular complexity index is 549. The van der Waals surface area contributed by atoms with Gasteiger partial charge in [-0.3, -0.25) is 0 Å². The van der Waals surface area contributed by atoms with E-state index in [2.05, 4.69) is 41.4 Å². The van der Waals surface area contributed by atoms with Crippen LogP contribution in [-0.4, -0.2) is 16.7 Å². The van der Waals surface area contributed by atoms with Gasteiger partial charge < -0.3 is 9.84 Å². The highest BCUT2D eigenvalue weighted by Crippen LogP contribution is 2.29. The van der Waals surface area contributed by atoms with E-state index in [1.165, 1.54) is 5.56 Å². The van der Waals surface area contributed by atoms with Gasteiger partial charge in [-0.15, -0.1) is 0 Å². The van der Waals surface area contributed by atoms with Crippen molar-refractivity contribution >= 4 is 0 Å². The van der Waals surface area contributed by atoms with E-state index in [1.54, 1.807) is 0 Å². The average molecular weight is 243 g/mol. The highest BCUT2D eigenvalue weighted by molar-refractivity contribution is 5.55. The Hall–Kier alpha value is -1.68. The maximum absolute atomic E-state index is 5.39. The minimum absolute atomic E-state index is 0.205. The first-order valence-corrected chi connectivity index (χ1v) is 6.38. The van der Waals surface area contributed by atoms with Crippen molar-refractivity contribution in [2.45, 2.75) is 26.3 Å². The quantitative estimate of drug-likeness (QED) is 0.881. The zero-order valence-corrected chi connectivity index (χ0v) is 10.7. The highest BCUT2D eigenvalue weighted by Gasteiger charge is 2.29. The lowest BCUT2D eigenvalue weighted by Crippen LogP contribution is -2.16. The first-order chi connectivity index (χ1) is 8.74. The lowest BCUT2D eigenvalue weighted by Gasteiger charge is -2.09. The van der Waals surface area contributed by atoms with Gasteiger partial charge in [0.15, 0.2) is 0 Å². The molecule has 2 aromatic rings. The van der Waals surface area contributed by atoms with Crippen molar-refractivity contribution in [1.82, 2.24) is 15.5 Å². The van der Waals surface area contributed by atoms with Crippen LogP contribution in [0.5, 0.6) is 0 Å². The molecule has 3 rings (SSSR count). The van der Waals surface area contributed by atoms with Crippen LogP contribution < -0.4 is 5.32 Å². The normalized spacial score (nSPS) is 23.4. The van der Waals surface area contributed by atoms with Crippen molar-refractivity contribution in [1.29, 1.82) is 0 Å². The van der Waals surface area contributed by atoms with Crippen molar-refractivity contribution in [3.8, 4) is 11.4 Å². The third kappa shape index (κ3) is 2.04. The topological polar surface area (TPSA) is 51.0 Å². The first kappa shape index (κ1) is 11.4. The van der Waals surface area contributed by atoms with Gasteiger partial charge in [0.25, 0.3) is 0 Å². The van der Waals surface area contributed by atoms with Gasteiger partial charge in [-0.1, -0.05) is 35.8 Å². The monoisotopic (exact) mass is 243 g/mol. The fourth-order valence-electron chi connectivity index (χ4n) is 2.43. The summed E-state index contributed by atoms with van der Waals surface area (Å²) in [4.78, 5) is 4.51. The van der Waals surface area contributed by atoms with E-state index in [4.69, 9.17) is 4.52 Å². The Labute approximate surface area is 106 Å². The number of hydrogen-bond acceptors (Lipinski definition) is 4. The molecule has 0 aliphatic carbocycles. The predicted molar refractivity (Wildman–Crippen MR) is 69.0 cm³/mol. The van der Waals surface area contributed by atoms with Crippen LogP contribution in [0.25, 0.3) is 11.4 Å². The molecule has 0 saturated carbocycles. The van der Waals surface area contributed by atoms with Crippen LogP contribution in [0.3, 0.4) is 0 Å². The molecule has 2 unspecified atom stereocenters. The fourth-order valence-corrected chi connectivity index (χ4v) is 2.43. The Morgan fingerprint density at radius 3 is 3.00 bits per heavy atom. The van der Waals surface area contributed by atoms with Crippen molar-refractivity contribution in [3.63, 3.8) is 0 Å². The number of nitrogens with one attached hydrogen (secondary N) is 1. The molecule has 18 heavy (non-hydrogen) atoms. The lowest BCUT2D eigenvalue weighted by atomic mass is 10.0. The molecule has 1 N–H and O–H groups in total. The summed E-state index contributed by atoms with van der Waals surface area (Å²) in [6, 6.07) is 8.35. The van der Waals surface area contributed by atoms with Crippen LogP contribution in [0.15, 0.2) is 28.8 Å². The van der Waals surface area contributed by atoms with Gasteiger partial charge in [0, 0.05) is 5.56 Å². The molecule has 4 heteroatoms. The molecule has 0 radical (unpaired) electrons. The van der Waals surface area contributed by atoms with E-state index in [0.29, 0.717) is 17.6 Å². The minimum atomic E-state index is 0.205. The summed E-state index contributed by atoms with van der Waals surface area (Å²) in [5.74, 6) is 1.93. The van der Waals surface area contributed by atoms with E-state index in [1.807, 2.05) is 12.1 Å². The van der Waals surface area contributed by atoms with Crippen molar-refractivity contribution in [2.24, 2.45) is 5.92 Å². The van der Waals surface area contributed by atoms with Gasteiger partial charge in [-0.2, -0.15) is 4.98 Å². The van der Waals surface area contributed by atoms with Gasteiger partial charge in [-0.25, -0.2) is 0 Å². The molecule has 1 aromatic heterocycles. The van der Waals surface area contributed by atoms with Crippen molar-refractivity contribution in [2.75, 3.05) is 6.54 Å². The second-order valence-corrected chi connectivity index (χ2v) is 5.02. The molecule has 94 valence electrons. The Balaban J connectivity index is 1.89. The van der Waals surface area contributed by atoms with E-state index >= 15 is 0 Å². The molecule has 0 bridgehead atoms. The summed E-state index contributed by atoms with van der Waals surface area (Å²) >= 11 is 0. The average Bonchev–Trinajstić information content (AvgIpc) is 2.97. The van der Waals surface area contributed by atoms with Gasteiger partial charge in [0.2, 0.25) is 11.7 Å². The summed E-state index contributed by atoms with van der Waals surface area (Å²) in [5, 5.41) is 7.48. The maximum Gasteiger partial charge on any atom is 0.244 e. The molecule has 0 spiro atoms. The van der Waals surface area contributed by atoms with Crippen LogP contribution in [0.2, 0.25) is 0 Å². The van der Waals surface area contributed by atoms with Crippen molar-refractivity contribution in [3.05, 3.63) is 35.7 Å². The first-order valence-electron chi connectivity index (χ1n) is 6.38. The van der Waals surface area contributed by atoms with Crippen LogP contribution in [0, 0.1) is 12.8 Å². The van der Waals surface area contributed by atoms with Crippen molar-refractivity contribution < 1.29 is 4.52 Å². The number of aromatic nitrogens is 2. The molecule has 1 fully saturated rings. The van der Waals surface area contributed by atoms with Gasteiger partial charge in [-0.05, 0) is 31.9 Å². The van der Waals surface area contributed by atoms with Crippen LogP contribution in [0.1, 0.15) is 30.8 Å². The van der Waals surface area contributed by atoms with Gasteiger partial charge >= 0.3 is 0 Å². The lowest BCUT2D eigenvalue weighted by molar-refractivity contribution is 0.319. The Kier molecular flexibility index (Phi) is 2.88. The van der Waals surface area contributed by atoms with Gasteiger partial charge in [0.05, 0.1) is 6.04 Å². The standard InChI is InChI=1S/C14H17N3O/c1-9-4-3-5-11(8-9)13-16-14(18-17-13)12-10(2)6-7-15-12/h3-5,8,10,12,15H,6-7H2,1-2H3. The Morgan fingerprint density at radius 1 is 1.39 bits per heavy atom. The van der Waals surface area contributed by atoms with Crippen LogP contribution >= 0.6 is 0 Å². The molecule has 2 heterocycles. The predicted octanol–water partition coefficient (Wildman–Crippen LogP) is 2.72. The van der Waals surface area contributed by atoms with Crippen LogP contribution in [-0.2, 0) is 0 Å².